The Kier molecular flexibility index (Phi) is 4.85. The molecule has 3 heterocycles. The van der Waals surface area contributed by atoms with Gasteiger partial charge in [0, 0.05) is 12.0 Å². The number of fused-ring (bicyclic) bond motifs is 3. The van der Waals surface area contributed by atoms with E-state index in [9.17, 15) is 8.42 Å². The molecule has 11 nitrogen and oxygen atoms in total. The van der Waals surface area contributed by atoms with Crippen LogP contribution in [-0.2, 0) is 23.0 Å². The van der Waals surface area contributed by atoms with Crippen molar-refractivity contribution in [1.29, 1.82) is 0 Å². The van der Waals surface area contributed by atoms with Crippen molar-refractivity contribution < 1.29 is 27.2 Å². The molecular formula is C20H19N5O6S. The minimum Gasteiger partial charge on any atom is -0.495 e. The van der Waals surface area contributed by atoms with Crippen LogP contribution >= 0.6 is 0 Å². The number of nitrogens with zero attached hydrogens (tertiary/aromatic N) is 4. The van der Waals surface area contributed by atoms with E-state index in [1.807, 2.05) is 6.07 Å². The molecule has 5 rings (SSSR count). The Morgan fingerprint density at radius 3 is 2.69 bits per heavy atom. The van der Waals surface area contributed by atoms with Crippen LogP contribution in [0, 0.1) is 0 Å². The summed E-state index contributed by atoms with van der Waals surface area (Å²) in [5.74, 6) is 0.851. The van der Waals surface area contributed by atoms with E-state index in [0.717, 1.165) is 11.1 Å². The molecule has 0 fully saturated rings. The van der Waals surface area contributed by atoms with Crippen LogP contribution in [0.5, 0.6) is 17.2 Å². The van der Waals surface area contributed by atoms with Crippen LogP contribution in [0.25, 0.3) is 11.0 Å². The number of ether oxygens (including phenoxy) is 3. The van der Waals surface area contributed by atoms with E-state index >= 15 is 0 Å². The number of anilines is 1. The summed E-state index contributed by atoms with van der Waals surface area (Å²) in [5, 5.41) is 8.57. The van der Waals surface area contributed by atoms with Gasteiger partial charge in [-0.05, 0) is 23.8 Å². The SMILES string of the molecule is COc1cccc(OC)c1S(=O)(=O)Nc1noc2cc(Cn3cncn3)c3c(c12)OCC3. The fraction of sp³-hybridized carbons (Fsp3) is 0.250. The number of sulfonamides is 1. The normalized spacial score (nSPS) is 13.1. The van der Waals surface area contributed by atoms with Crippen LogP contribution in [0.2, 0.25) is 0 Å². The largest absolute Gasteiger partial charge is 0.495 e. The van der Waals surface area contributed by atoms with Crippen LogP contribution in [-0.4, -0.2) is 49.2 Å². The summed E-state index contributed by atoms with van der Waals surface area (Å²) in [5.41, 5.74) is 2.28. The van der Waals surface area contributed by atoms with Gasteiger partial charge < -0.3 is 18.7 Å². The Hall–Kier alpha value is -3.80. The molecular weight excluding hydrogens is 438 g/mol. The lowest BCUT2D eigenvalue weighted by Gasteiger charge is -2.14. The lowest BCUT2D eigenvalue weighted by atomic mass is 10.0. The molecule has 12 heteroatoms. The number of hydrogen-bond donors (Lipinski definition) is 1. The summed E-state index contributed by atoms with van der Waals surface area (Å²) < 4.78 is 52.5. The maximum absolute atomic E-state index is 13.3. The minimum atomic E-state index is -4.13. The molecule has 0 spiro atoms. The highest BCUT2D eigenvalue weighted by Gasteiger charge is 2.30. The Morgan fingerprint density at radius 1 is 1.22 bits per heavy atom. The second-order valence-corrected chi connectivity index (χ2v) is 8.66. The Bertz CT molecular complexity index is 1380. The smallest absolute Gasteiger partial charge is 0.270 e. The predicted molar refractivity (Wildman–Crippen MR) is 113 cm³/mol. The molecule has 0 saturated heterocycles. The van der Waals surface area contributed by atoms with E-state index in [1.165, 1.54) is 32.7 Å². The van der Waals surface area contributed by atoms with Crippen LogP contribution in [0.3, 0.4) is 0 Å². The summed E-state index contributed by atoms with van der Waals surface area (Å²) in [4.78, 5) is 3.83. The molecule has 2 aromatic carbocycles. The average molecular weight is 457 g/mol. The molecule has 1 aliphatic heterocycles. The Labute approximate surface area is 182 Å². The third-order valence-electron chi connectivity index (χ3n) is 5.19. The molecule has 0 aliphatic carbocycles. The van der Waals surface area contributed by atoms with E-state index in [0.29, 0.717) is 36.3 Å². The van der Waals surface area contributed by atoms with Gasteiger partial charge in [-0.3, -0.25) is 4.72 Å². The first-order valence-corrected chi connectivity index (χ1v) is 11.1. The number of methoxy groups -OCH3 is 2. The summed E-state index contributed by atoms with van der Waals surface area (Å²) in [7, 11) is -1.36. The van der Waals surface area contributed by atoms with Crippen molar-refractivity contribution in [2.24, 2.45) is 0 Å². The predicted octanol–water partition coefficient (Wildman–Crippen LogP) is 2.22. The van der Waals surface area contributed by atoms with Gasteiger partial charge in [-0.2, -0.15) is 5.10 Å². The van der Waals surface area contributed by atoms with E-state index in [-0.39, 0.29) is 22.2 Å². The summed E-state index contributed by atoms with van der Waals surface area (Å²) in [6.45, 7) is 0.943. The maximum Gasteiger partial charge on any atom is 0.270 e. The lowest BCUT2D eigenvalue weighted by molar-refractivity contribution is 0.360. The van der Waals surface area contributed by atoms with Gasteiger partial charge in [-0.1, -0.05) is 11.2 Å². The van der Waals surface area contributed by atoms with Crippen molar-refractivity contribution in [3.63, 3.8) is 0 Å². The molecule has 1 N–H and O–H groups in total. The minimum absolute atomic E-state index is 0.0263. The first kappa shape index (κ1) is 20.1. The molecule has 32 heavy (non-hydrogen) atoms. The highest BCUT2D eigenvalue weighted by Crippen LogP contribution is 2.42. The fourth-order valence-corrected chi connectivity index (χ4v) is 5.14. The lowest BCUT2D eigenvalue weighted by Crippen LogP contribution is -2.15. The zero-order chi connectivity index (χ0) is 22.3. The van der Waals surface area contributed by atoms with Crippen molar-refractivity contribution in [2.45, 2.75) is 17.9 Å². The molecule has 0 radical (unpaired) electrons. The Morgan fingerprint density at radius 2 is 2.00 bits per heavy atom. The van der Waals surface area contributed by atoms with Crippen LogP contribution in [0.15, 0.2) is 46.3 Å². The molecule has 2 aromatic heterocycles. The van der Waals surface area contributed by atoms with Crippen molar-refractivity contribution in [3.05, 3.63) is 48.0 Å². The quantitative estimate of drug-likeness (QED) is 0.444. The van der Waals surface area contributed by atoms with Gasteiger partial charge in [0.15, 0.2) is 16.3 Å². The first-order valence-electron chi connectivity index (χ1n) is 9.65. The van der Waals surface area contributed by atoms with E-state index in [4.69, 9.17) is 18.7 Å². The van der Waals surface area contributed by atoms with Crippen molar-refractivity contribution in [1.82, 2.24) is 19.9 Å². The van der Waals surface area contributed by atoms with Gasteiger partial charge in [0.2, 0.25) is 0 Å². The monoisotopic (exact) mass is 457 g/mol. The average Bonchev–Trinajstić information content (AvgIpc) is 3.54. The summed E-state index contributed by atoms with van der Waals surface area (Å²) >= 11 is 0. The van der Waals surface area contributed by atoms with Gasteiger partial charge in [-0.25, -0.2) is 18.1 Å². The number of nitrogens with one attached hydrogen (secondary N) is 1. The van der Waals surface area contributed by atoms with Gasteiger partial charge in [0.05, 0.1) is 27.4 Å². The standard InChI is InChI=1S/C20H19N5O6S/c1-28-14-4-3-5-15(29-2)19(14)32(26,27)24-20-17-16(31-23-20)8-12(9-25-11-21-10-22-25)13-6-7-30-18(13)17/h3-5,8,10-11H,6-7,9H2,1-2H3,(H,23,24). The second-order valence-electron chi connectivity index (χ2n) is 7.04. The van der Waals surface area contributed by atoms with Gasteiger partial charge in [-0.15, -0.1) is 0 Å². The molecule has 0 saturated carbocycles. The fourth-order valence-electron chi connectivity index (χ4n) is 3.81. The van der Waals surface area contributed by atoms with Crippen LogP contribution < -0.4 is 18.9 Å². The Balaban J connectivity index is 1.59. The number of hydrogen-bond acceptors (Lipinski definition) is 9. The molecule has 4 aromatic rings. The van der Waals surface area contributed by atoms with E-state index in [2.05, 4.69) is 20.0 Å². The van der Waals surface area contributed by atoms with Crippen molar-refractivity contribution in [2.75, 3.05) is 25.5 Å². The highest BCUT2D eigenvalue weighted by molar-refractivity contribution is 7.93. The molecule has 166 valence electrons. The summed E-state index contributed by atoms with van der Waals surface area (Å²) in [6.07, 6.45) is 3.75. The molecule has 0 amide bonds. The second kappa shape index (κ2) is 7.71. The zero-order valence-electron chi connectivity index (χ0n) is 17.2. The van der Waals surface area contributed by atoms with Gasteiger partial charge >= 0.3 is 0 Å². The zero-order valence-corrected chi connectivity index (χ0v) is 18.0. The molecule has 0 bridgehead atoms. The summed E-state index contributed by atoms with van der Waals surface area (Å²) in [6, 6.07) is 6.53. The van der Waals surface area contributed by atoms with Gasteiger partial charge in [0.1, 0.15) is 35.3 Å². The van der Waals surface area contributed by atoms with Crippen LogP contribution in [0.4, 0.5) is 5.82 Å². The number of benzene rings is 2. The highest BCUT2D eigenvalue weighted by atomic mass is 32.2. The van der Waals surface area contributed by atoms with Crippen LogP contribution in [0.1, 0.15) is 11.1 Å². The van der Waals surface area contributed by atoms with E-state index < -0.39 is 10.0 Å². The maximum atomic E-state index is 13.3. The van der Waals surface area contributed by atoms with E-state index in [1.54, 1.807) is 17.1 Å². The van der Waals surface area contributed by atoms with Crippen molar-refractivity contribution >= 4 is 26.8 Å². The van der Waals surface area contributed by atoms with Gasteiger partial charge in [0.25, 0.3) is 10.0 Å². The number of rotatable bonds is 7. The van der Waals surface area contributed by atoms with Crippen molar-refractivity contribution in [3.8, 4) is 17.2 Å². The third kappa shape index (κ3) is 3.28. The number of aromatic nitrogens is 4. The molecule has 0 unspecified atom stereocenters. The first-order chi connectivity index (χ1) is 15.5. The third-order valence-corrected chi connectivity index (χ3v) is 6.59. The molecule has 1 aliphatic rings. The topological polar surface area (TPSA) is 131 Å². The molecule has 0 atom stereocenters.